The molecule has 0 unspecified atom stereocenters. The van der Waals surface area contributed by atoms with Crippen LogP contribution in [0.4, 0.5) is 22.0 Å². The second-order valence-corrected chi connectivity index (χ2v) is 6.95. The molecule has 0 aliphatic rings. The van der Waals surface area contributed by atoms with Gasteiger partial charge >= 0.3 is 12.1 Å². The number of phenols is 1. The van der Waals surface area contributed by atoms with Gasteiger partial charge in [0.25, 0.3) is 0 Å². The number of hydrogen-bond acceptors (Lipinski definition) is 3. The lowest BCUT2D eigenvalue weighted by molar-refractivity contribution is -0.138. The first-order valence-electron chi connectivity index (χ1n) is 9.14. The Labute approximate surface area is 177 Å². The second kappa shape index (κ2) is 7.63. The molecule has 1 aromatic heterocycles. The maximum Gasteiger partial charge on any atom is 0.416 e. The van der Waals surface area contributed by atoms with Gasteiger partial charge in [0.2, 0.25) is 0 Å². The standard InChI is InChI=1S/C22H13F5N2O3/c23-15-6-3-7-17-19(15)20(12-9-18(30)13(21(31)32)8-16(12)24)28-29(17)10-11-4-1-2-5-14(11)22(25,26)27/h1-9,30H,10H2,(H,31,32). The molecule has 164 valence electrons. The van der Waals surface area contributed by atoms with Crippen LogP contribution >= 0.6 is 0 Å². The summed E-state index contributed by atoms with van der Waals surface area (Å²) in [6.45, 7) is -0.392. The van der Waals surface area contributed by atoms with E-state index >= 15 is 0 Å². The Bertz CT molecular complexity index is 1360. The smallest absolute Gasteiger partial charge is 0.416 e. The van der Waals surface area contributed by atoms with Crippen molar-refractivity contribution in [1.29, 1.82) is 0 Å². The quantitative estimate of drug-likeness (QED) is 0.407. The lowest BCUT2D eigenvalue weighted by atomic mass is 10.0. The number of aromatic carboxylic acids is 1. The number of fused-ring (bicyclic) bond motifs is 1. The number of aromatic nitrogens is 2. The highest BCUT2D eigenvalue weighted by Gasteiger charge is 2.33. The van der Waals surface area contributed by atoms with E-state index in [1.165, 1.54) is 30.3 Å². The monoisotopic (exact) mass is 448 g/mol. The number of carbonyl (C=O) groups is 1. The van der Waals surface area contributed by atoms with Crippen molar-refractivity contribution >= 4 is 16.9 Å². The van der Waals surface area contributed by atoms with Crippen molar-refractivity contribution in [2.75, 3.05) is 0 Å². The van der Waals surface area contributed by atoms with Gasteiger partial charge in [-0.15, -0.1) is 0 Å². The Balaban J connectivity index is 1.92. The van der Waals surface area contributed by atoms with Gasteiger partial charge in [0, 0.05) is 5.56 Å². The first kappa shape index (κ1) is 21.3. The molecule has 0 radical (unpaired) electrons. The third-order valence-electron chi connectivity index (χ3n) is 4.94. The molecule has 0 spiro atoms. The fraction of sp³-hybridized carbons (Fsp3) is 0.0909. The molecule has 0 saturated heterocycles. The van der Waals surface area contributed by atoms with Crippen LogP contribution < -0.4 is 0 Å². The zero-order chi connectivity index (χ0) is 23.2. The van der Waals surface area contributed by atoms with Crippen LogP contribution in [-0.2, 0) is 12.7 Å². The number of carboxylic acids is 1. The van der Waals surface area contributed by atoms with Crippen molar-refractivity contribution in [2.45, 2.75) is 12.7 Å². The number of halogens is 5. The molecule has 5 nitrogen and oxygen atoms in total. The maximum absolute atomic E-state index is 14.7. The van der Waals surface area contributed by atoms with Crippen LogP contribution in [0.25, 0.3) is 22.2 Å². The van der Waals surface area contributed by atoms with Crippen LogP contribution in [-0.4, -0.2) is 26.0 Å². The van der Waals surface area contributed by atoms with Gasteiger partial charge in [-0.1, -0.05) is 24.3 Å². The normalized spacial score (nSPS) is 11.8. The number of rotatable bonds is 4. The first-order valence-corrected chi connectivity index (χ1v) is 9.14. The Kier molecular flexibility index (Phi) is 5.08. The number of hydrogen-bond donors (Lipinski definition) is 2. The molecule has 0 bridgehead atoms. The zero-order valence-electron chi connectivity index (χ0n) is 16.0. The van der Waals surface area contributed by atoms with Crippen LogP contribution in [0.3, 0.4) is 0 Å². The van der Waals surface area contributed by atoms with Crippen LogP contribution in [0.15, 0.2) is 54.6 Å². The van der Waals surface area contributed by atoms with Crippen LogP contribution in [0.2, 0.25) is 0 Å². The molecule has 32 heavy (non-hydrogen) atoms. The molecule has 0 aliphatic carbocycles. The third kappa shape index (κ3) is 3.64. The van der Waals surface area contributed by atoms with Crippen LogP contribution in [0, 0.1) is 11.6 Å². The molecule has 0 saturated carbocycles. The molecule has 4 aromatic rings. The molecule has 0 amide bonds. The van der Waals surface area contributed by atoms with Gasteiger partial charge in [0.05, 0.1) is 23.0 Å². The molecule has 3 aromatic carbocycles. The molecule has 0 aliphatic heterocycles. The second-order valence-electron chi connectivity index (χ2n) is 6.95. The van der Waals surface area contributed by atoms with E-state index in [1.54, 1.807) is 0 Å². The van der Waals surface area contributed by atoms with Crippen molar-refractivity contribution in [3.8, 4) is 17.0 Å². The molecule has 2 N–H and O–H groups in total. The first-order chi connectivity index (χ1) is 15.1. The Morgan fingerprint density at radius 1 is 1.00 bits per heavy atom. The lowest BCUT2D eigenvalue weighted by Crippen LogP contribution is -2.12. The van der Waals surface area contributed by atoms with Gasteiger partial charge in [0.15, 0.2) is 0 Å². The van der Waals surface area contributed by atoms with Crippen molar-refractivity contribution in [3.05, 3.63) is 82.9 Å². The zero-order valence-corrected chi connectivity index (χ0v) is 16.0. The van der Waals surface area contributed by atoms with Gasteiger partial charge in [0.1, 0.15) is 28.6 Å². The minimum absolute atomic E-state index is 0.0955. The Hall–Kier alpha value is -3.95. The summed E-state index contributed by atoms with van der Waals surface area (Å²) < 4.78 is 70.6. The molecular weight excluding hydrogens is 435 g/mol. The molecular formula is C22H13F5N2O3. The van der Waals surface area contributed by atoms with Crippen LogP contribution in [0.1, 0.15) is 21.5 Å². The number of benzene rings is 3. The van der Waals surface area contributed by atoms with E-state index in [1.807, 2.05) is 0 Å². The average molecular weight is 448 g/mol. The lowest BCUT2D eigenvalue weighted by Gasteiger charge is -2.13. The predicted molar refractivity (Wildman–Crippen MR) is 104 cm³/mol. The number of carboxylic acid groups (broad SMARTS) is 1. The summed E-state index contributed by atoms with van der Waals surface area (Å²) in [6.07, 6.45) is -4.63. The van der Waals surface area contributed by atoms with E-state index in [2.05, 4.69) is 5.10 Å². The molecule has 0 fully saturated rings. The molecule has 0 atom stereocenters. The minimum Gasteiger partial charge on any atom is -0.507 e. The SMILES string of the molecule is O=C(O)c1cc(F)c(-c2nn(Cc3ccccc3C(F)(F)F)c3cccc(F)c23)cc1O. The Morgan fingerprint density at radius 3 is 2.41 bits per heavy atom. The number of nitrogens with zero attached hydrogens (tertiary/aromatic N) is 2. The van der Waals surface area contributed by atoms with Crippen molar-refractivity contribution in [2.24, 2.45) is 0 Å². The van der Waals surface area contributed by atoms with E-state index in [9.17, 15) is 31.9 Å². The van der Waals surface area contributed by atoms with Gasteiger partial charge < -0.3 is 10.2 Å². The average Bonchev–Trinajstić information content (AvgIpc) is 3.08. The highest BCUT2D eigenvalue weighted by Crippen LogP contribution is 2.36. The predicted octanol–water partition coefficient (Wildman–Crippen LogP) is 5.45. The van der Waals surface area contributed by atoms with E-state index < -0.39 is 52.8 Å². The molecule has 1 heterocycles. The van der Waals surface area contributed by atoms with Crippen molar-refractivity contribution in [3.63, 3.8) is 0 Å². The summed E-state index contributed by atoms with van der Waals surface area (Å²) in [7, 11) is 0. The largest absolute Gasteiger partial charge is 0.507 e. The summed E-state index contributed by atoms with van der Waals surface area (Å²) >= 11 is 0. The molecule has 10 heteroatoms. The van der Waals surface area contributed by atoms with Crippen molar-refractivity contribution < 1.29 is 37.0 Å². The minimum atomic E-state index is -4.63. The van der Waals surface area contributed by atoms with E-state index in [0.717, 1.165) is 22.9 Å². The van der Waals surface area contributed by atoms with E-state index in [0.29, 0.717) is 6.07 Å². The fourth-order valence-electron chi connectivity index (χ4n) is 3.51. The van der Waals surface area contributed by atoms with Gasteiger partial charge in [-0.05, 0) is 35.9 Å². The van der Waals surface area contributed by atoms with Crippen LogP contribution in [0.5, 0.6) is 5.75 Å². The van der Waals surface area contributed by atoms with Gasteiger partial charge in [-0.25, -0.2) is 13.6 Å². The number of aromatic hydroxyl groups is 1. The maximum atomic E-state index is 14.7. The summed E-state index contributed by atoms with van der Waals surface area (Å²) in [6, 6.07) is 9.99. The van der Waals surface area contributed by atoms with Gasteiger partial charge in [-0.2, -0.15) is 18.3 Å². The Morgan fingerprint density at radius 2 is 1.72 bits per heavy atom. The summed E-state index contributed by atoms with van der Waals surface area (Å²) in [4.78, 5) is 11.1. The van der Waals surface area contributed by atoms with Crippen molar-refractivity contribution in [1.82, 2.24) is 9.78 Å². The topological polar surface area (TPSA) is 75.3 Å². The number of alkyl halides is 3. The third-order valence-corrected chi connectivity index (χ3v) is 4.94. The molecule has 4 rings (SSSR count). The summed E-state index contributed by atoms with van der Waals surface area (Å²) in [5.41, 5.74) is -2.31. The van der Waals surface area contributed by atoms with E-state index in [-0.39, 0.29) is 22.2 Å². The highest BCUT2D eigenvalue weighted by molar-refractivity contribution is 5.96. The highest BCUT2D eigenvalue weighted by atomic mass is 19.4. The summed E-state index contributed by atoms with van der Waals surface area (Å²) in [5.74, 6) is -4.24. The van der Waals surface area contributed by atoms with E-state index in [4.69, 9.17) is 5.11 Å². The summed E-state index contributed by atoms with van der Waals surface area (Å²) in [5, 5.41) is 22.9. The fourth-order valence-corrected chi connectivity index (χ4v) is 3.51. The van der Waals surface area contributed by atoms with Gasteiger partial charge in [-0.3, -0.25) is 4.68 Å².